The van der Waals surface area contributed by atoms with Gasteiger partial charge in [0, 0.05) is 17.1 Å². The van der Waals surface area contributed by atoms with Crippen molar-refractivity contribution in [2.75, 3.05) is 6.61 Å². The van der Waals surface area contributed by atoms with Gasteiger partial charge in [0.15, 0.2) is 0 Å². The highest BCUT2D eigenvalue weighted by atomic mass is 79.9. The van der Waals surface area contributed by atoms with E-state index in [2.05, 4.69) is 15.9 Å². The van der Waals surface area contributed by atoms with Gasteiger partial charge in [0.05, 0.1) is 16.4 Å². The Morgan fingerprint density at radius 1 is 1.56 bits per heavy atom. The number of nitro benzene ring substituents is 1. The van der Waals surface area contributed by atoms with E-state index in [0.717, 1.165) is 0 Å². The minimum absolute atomic E-state index is 0.123. The first-order valence-corrected chi connectivity index (χ1v) is 6.08. The average molecular weight is 316 g/mol. The number of benzene rings is 1. The second-order valence-electron chi connectivity index (χ2n) is 3.99. The van der Waals surface area contributed by atoms with Gasteiger partial charge in [-0.05, 0) is 18.6 Å². The molecule has 0 radical (unpaired) electrons. The number of ether oxygens (including phenoxy) is 1. The Balaban J connectivity index is 2.44. The number of rotatable bonds is 3. The Hall–Kier alpha value is -1.47. The van der Waals surface area contributed by atoms with E-state index in [4.69, 9.17) is 9.84 Å². The summed E-state index contributed by atoms with van der Waals surface area (Å²) in [6.45, 7) is 0.300. The number of hydrogen-bond donors (Lipinski definition) is 1. The quantitative estimate of drug-likeness (QED) is 0.683. The predicted octanol–water partition coefficient (Wildman–Crippen LogP) is 2.52. The van der Waals surface area contributed by atoms with Crippen LogP contribution < -0.4 is 0 Å². The fourth-order valence-electron chi connectivity index (χ4n) is 2.06. The van der Waals surface area contributed by atoms with E-state index in [9.17, 15) is 14.9 Å². The number of hydrogen-bond acceptors (Lipinski definition) is 4. The topological polar surface area (TPSA) is 89.7 Å². The molecule has 1 heterocycles. The first-order chi connectivity index (χ1) is 8.50. The molecule has 7 heteroatoms. The molecule has 1 aliphatic rings. The van der Waals surface area contributed by atoms with Crippen LogP contribution in [0.1, 0.15) is 18.1 Å². The lowest BCUT2D eigenvalue weighted by atomic mass is 9.94. The largest absolute Gasteiger partial charge is 0.481 e. The Morgan fingerprint density at radius 2 is 2.28 bits per heavy atom. The van der Waals surface area contributed by atoms with Crippen molar-refractivity contribution in [2.45, 2.75) is 12.5 Å². The molecule has 0 spiro atoms. The maximum Gasteiger partial charge on any atom is 0.309 e. The van der Waals surface area contributed by atoms with E-state index in [0.29, 0.717) is 23.1 Å². The summed E-state index contributed by atoms with van der Waals surface area (Å²) >= 11 is 3.16. The Bertz CT molecular complexity index is 504. The number of nitrogens with zero attached hydrogens (tertiary/aromatic N) is 1. The summed E-state index contributed by atoms with van der Waals surface area (Å²) < 4.78 is 5.92. The van der Waals surface area contributed by atoms with Gasteiger partial charge in [-0.15, -0.1) is 0 Å². The third-order valence-electron chi connectivity index (χ3n) is 2.90. The van der Waals surface area contributed by atoms with E-state index >= 15 is 0 Å². The van der Waals surface area contributed by atoms with Gasteiger partial charge in [-0.2, -0.15) is 0 Å². The van der Waals surface area contributed by atoms with Crippen LogP contribution in [0.25, 0.3) is 0 Å². The zero-order valence-corrected chi connectivity index (χ0v) is 10.8. The maximum absolute atomic E-state index is 11.1. The summed E-state index contributed by atoms with van der Waals surface area (Å²) in [6, 6.07) is 4.53. The normalized spacial score (nSPS) is 22.9. The van der Waals surface area contributed by atoms with Crippen LogP contribution in [0.15, 0.2) is 22.7 Å². The average Bonchev–Trinajstić information content (AvgIpc) is 2.77. The minimum Gasteiger partial charge on any atom is -0.481 e. The van der Waals surface area contributed by atoms with Crippen LogP contribution in [0.5, 0.6) is 0 Å². The molecule has 2 atom stereocenters. The lowest BCUT2D eigenvalue weighted by molar-refractivity contribution is -0.386. The van der Waals surface area contributed by atoms with E-state index in [1.807, 2.05) is 0 Å². The van der Waals surface area contributed by atoms with Gasteiger partial charge in [-0.3, -0.25) is 14.9 Å². The molecule has 0 bridgehead atoms. The van der Waals surface area contributed by atoms with Gasteiger partial charge < -0.3 is 9.84 Å². The van der Waals surface area contributed by atoms with Gasteiger partial charge in [0.1, 0.15) is 6.10 Å². The second kappa shape index (κ2) is 5.03. The van der Waals surface area contributed by atoms with Crippen molar-refractivity contribution in [3.63, 3.8) is 0 Å². The number of carbonyl (C=O) groups is 1. The fraction of sp³-hybridized carbons (Fsp3) is 0.364. The molecular weight excluding hydrogens is 306 g/mol. The first kappa shape index (κ1) is 13.0. The number of carboxylic acid groups (broad SMARTS) is 1. The molecule has 0 aliphatic carbocycles. The minimum atomic E-state index is -0.991. The van der Waals surface area contributed by atoms with Crippen molar-refractivity contribution >= 4 is 27.6 Å². The molecule has 0 aromatic heterocycles. The highest BCUT2D eigenvalue weighted by Crippen LogP contribution is 2.39. The van der Waals surface area contributed by atoms with E-state index in [1.54, 1.807) is 6.07 Å². The first-order valence-electron chi connectivity index (χ1n) is 5.29. The van der Waals surface area contributed by atoms with Crippen molar-refractivity contribution < 1.29 is 19.6 Å². The highest BCUT2D eigenvalue weighted by molar-refractivity contribution is 9.10. The summed E-state index contributed by atoms with van der Waals surface area (Å²) in [7, 11) is 0. The molecule has 1 N–H and O–H groups in total. The molecule has 1 saturated heterocycles. The van der Waals surface area contributed by atoms with Gasteiger partial charge >= 0.3 is 5.97 Å². The van der Waals surface area contributed by atoms with Crippen LogP contribution in [-0.4, -0.2) is 22.6 Å². The van der Waals surface area contributed by atoms with Crippen molar-refractivity contribution in [3.05, 3.63) is 38.3 Å². The summed E-state index contributed by atoms with van der Waals surface area (Å²) in [5.74, 6) is -1.72. The Labute approximate surface area is 111 Å². The standard InChI is InChI=1S/C11H10BrNO5/c12-6-1-2-7(9(5-6)13(16)17)10-8(11(14)15)3-4-18-10/h1-2,5,8,10H,3-4H2,(H,14,15). The van der Waals surface area contributed by atoms with Crippen LogP contribution in [-0.2, 0) is 9.53 Å². The van der Waals surface area contributed by atoms with Crippen LogP contribution in [0.4, 0.5) is 5.69 Å². The molecule has 18 heavy (non-hydrogen) atoms. The van der Waals surface area contributed by atoms with E-state index in [1.165, 1.54) is 12.1 Å². The third kappa shape index (κ3) is 2.37. The molecule has 1 aromatic rings. The Morgan fingerprint density at radius 3 is 2.89 bits per heavy atom. The fourth-order valence-corrected chi connectivity index (χ4v) is 2.41. The van der Waals surface area contributed by atoms with Gasteiger partial charge in [0.2, 0.25) is 0 Å². The molecule has 1 aromatic carbocycles. The van der Waals surface area contributed by atoms with Gasteiger partial charge in [0.25, 0.3) is 5.69 Å². The van der Waals surface area contributed by atoms with Crippen LogP contribution in [0, 0.1) is 16.0 Å². The maximum atomic E-state index is 11.1. The summed E-state index contributed by atoms with van der Waals surface area (Å²) in [5, 5.41) is 20.1. The third-order valence-corrected chi connectivity index (χ3v) is 3.40. The lowest BCUT2D eigenvalue weighted by Crippen LogP contribution is -2.18. The molecule has 0 saturated carbocycles. The monoisotopic (exact) mass is 315 g/mol. The van der Waals surface area contributed by atoms with Crippen molar-refractivity contribution in [2.24, 2.45) is 5.92 Å². The predicted molar refractivity (Wildman–Crippen MR) is 65.2 cm³/mol. The van der Waals surface area contributed by atoms with Gasteiger partial charge in [-0.1, -0.05) is 15.9 Å². The zero-order chi connectivity index (χ0) is 13.3. The second-order valence-corrected chi connectivity index (χ2v) is 4.90. The molecule has 2 rings (SSSR count). The number of aliphatic carboxylic acids is 1. The number of halogens is 1. The van der Waals surface area contributed by atoms with E-state index < -0.39 is 22.9 Å². The molecule has 0 amide bonds. The SMILES string of the molecule is O=C(O)C1CCOC1c1ccc(Br)cc1[N+](=O)[O-]. The van der Waals surface area contributed by atoms with Crippen molar-refractivity contribution in [1.29, 1.82) is 0 Å². The van der Waals surface area contributed by atoms with Crippen LogP contribution >= 0.6 is 15.9 Å². The highest BCUT2D eigenvalue weighted by Gasteiger charge is 2.38. The smallest absolute Gasteiger partial charge is 0.309 e. The van der Waals surface area contributed by atoms with Gasteiger partial charge in [-0.25, -0.2) is 0 Å². The van der Waals surface area contributed by atoms with Crippen LogP contribution in [0.3, 0.4) is 0 Å². The molecule has 96 valence electrons. The number of carboxylic acids is 1. The molecule has 6 nitrogen and oxygen atoms in total. The number of nitro groups is 1. The zero-order valence-electron chi connectivity index (χ0n) is 9.21. The molecule has 1 aliphatic heterocycles. The summed E-state index contributed by atoms with van der Waals surface area (Å²) in [6.07, 6.45) is -0.385. The molecule has 1 fully saturated rings. The molecule has 2 unspecified atom stereocenters. The summed E-state index contributed by atoms with van der Waals surface area (Å²) in [5.41, 5.74) is 0.190. The molecular formula is C11H10BrNO5. The Kier molecular flexibility index (Phi) is 3.63. The van der Waals surface area contributed by atoms with E-state index in [-0.39, 0.29) is 5.69 Å². The van der Waals surface area contributed by atoms with Crippen molar-refractivity contribution in [3.8, 4) is 0 Å². The van der Waals surface area contributed by atoms with Crippen molar-refractivity contribution in [1.82, 2.24) is 0 Å². The van der Waals surface area contributed by atoms with Crippen LogP contribution in [0.2, 0.25) is 0 Å². The summed E-state index contributed by atoms with van der Waals surface area (Å²) in [4.78, 5) is 21.5. The lowest BCUT2D eigenvalue weighted by Gasteiger charge is -2.15.